The Hall–Kier alpha value is -2.33. The molecule has 3 aromatic rings. The van der Waals surface area contributed by atoms with Gasteiger partial charge in [0.15, 0.2) is 0 Å². The number of hydrogen-bond acceptors (Lipinski definition) is 4. The van der Waals surface area contributed by atoms with Crippen LogP contribution in [-0.2, 0) is 6.42 Å². The summed E-state index contributed by atoms with van der Waals surface area (Å²) in [5.41, 5.74) is 3.11. The van der Waals surface area contributed by atoms with Crippen molar-refractivity contribution < 1.29 is 4.42 Å². The number of hydrogen-bond donors (Lipinski definition) is 1. The van der Waals surface area contributed by atoms with E-state index in [-0.39, 0.29) is 0 Å². The molecule has 22 heavy (non-hydrogen) atoms. The van der Waals surface area contributed by atoms with Crippen LogP contribution in [0.3, 0.4) is 0 Å². The maximum atomic E-state index is 5.95. The highest BCUT2D eigenvalue weighted by atomic mass is 35.5. The molecule has 0 aliphatic rings. The minimum Gasteiger partial charge on any atom is -0.421 e. The molecule has 1 heterocycles. The largest absolute Gasteiger partial charge is 0.421 e. The van der Waals surface area contributed by atoms with Gasteiger partial charge < -0.3 is 9.73 Å². The molecule has 0 atom stereocenters. The maximum absolute atomic E-state index is 5.95. The summed E-state index contributed by atoms with van der Waals surface area (Å²) in [4.78, 5) is 0. The lowest BCUT2D eigenvalue weighted by atomic mass is 10.2. The van der Waals surface area contributed by atoms with E-state index in [1.807, 2.05) is 55.5 Å². The molecular formula is C17H16ClN3O. The van der Waals surface area contributed by atoms with E-state index in [0.29, 0.717) is 18.2 Å². The summed E-state index contributed by atoms with van der Waals surface area (Å²) in [5.74, 6) is 1.18. The normalized spacial score (nSPS) is 10.6. The second-order valence-electron chi connectivity index (χ2n) is 5.00. The van der Waals surface area contributed by atoms with Crippen molar-refractivity contribution in [3.05, 3.63) is 65.0 Å². The van der Waals surface area contributed by atoms with Crippen molar-refractivity contribution in [3.63, 3.8) is 0 Å². The van der Waals surface area contributed by atoms with Gasteiger partial charge in [0.25, 0.3) is 0 Å². The van der Waals surface area contributed by atoms with Crippen LogP contribution in [0.5, 0.6) is 0 Å². The third kappa shape index (κ3) is 3.46. The van der Waals surface area contributed by atoms with Gasteiger partial charge in [-0.05, 0) is 42.8 Å². The Bertz CT molecular complexity index is 756. The first-order valence-electron chi connectivity index (χ1n) is 7.10. The summed E-state index contributed by atoms with van der Waals surface area (Å²) in [5, 5.41) is 12.3. The fraction of sp³-hybridized carbons (Fsp3) is 0.176. The van der Waals surface area contributed by atoms with Crippen LogP contribution < -0.4 is 5.32 Å². The Labute approximate surface area is 134 Å². The molecule has 3 rings (SSSR count). The lowest BCUT2D eigenvalue weighted by Crippen LogP contribution is -2.06. The van der Waals surface area contributed by atoms with E-state index >= 15 is 0 Å². The molecule has 1 aromatic heterocycles. The summed E-state index contributed by atoms with van der Waals surface area (Å²) < 4.78 is 5.67. The van der Waals surface area contributed by atoms with Crippen LogP contribution in [0.25, 0.3) is 11.5 Å². The number of nitrogens with one attached hydrogen (secondary N) is 1. The van der Waals surface area contributed by atoms with Crippen LogP contribution >= 0.6 is 11.6 Å². The molecule has 0 aliphatic heterocycles. The van der Waals surface area contributed by atoms with Crippen LogP contribution in [0.15, 0.2) is 52.9 Å². The smallest absolute Gasteiger partial charge is 0.247 e. The monoisotopic (exact) mass is 313 g/mol. The number of aromatic nitrogens is 2. The summed E-state index contributed by atoms with van der Waals surface area (Å²) in [6.45, 7) is 2.74. The van der Waals surface area contributed by atoms with Crippen LogP contribution in [-0.4, -0.2) is 16.7 Å². The van der Waals surface area contributed by atoms with Crippen molar-refractivity contribution in [1.29, 1.82) is 0 Å². The van der Waals surface area contributed by atoms with Gasteiger partial charge in [-0.1, -0.05) is 29.8 Å². The van der Waals surface area contributed by atoms with Gasteiger partial charge in [-0.2, -0.15) is 0 Å². The highest BCUT2D eigenvalue weighted by molar-refractivity contribution is 6.30. The molecule has 0 unspecified atom stereocenters. The fourth-order valence-corrected chi connectivity index (χ4v) is 2.41. The van der Waals surface area contributed by atoms with Gasteiger partial charge in [0, 0.05) is 29.2 Å². The Morgan fingerprint density at radius 3 is 2.68 bits per heavy atom. The van der Waals surface area contributed by atoms with Gasteiger partial charge in [0.2, 0.25) is 11.8 Å². The molecule has 112 valence electrons. The Kier molecular flexibility index (Phi) is 4.39. The van der Waals surface area contributed by atoms with E-state index in [0.717, 1.165) is 28.4 Å². The minimum absolute atomic E-state index is 0.554. The lowest BCUT2D eigenvalue weighted by molar-refractivity contribution is 0.509. The molecule has 0 spiro atoms. The Balaban J connectivity index is 1.59. The van der Waals surface area contributed by atoms with Gasteiger partial charge in [0.1, 0.15) is 0 Å². The van der Waals surface area contributed by atoms with Crippen molar-refractivity contribution in [2.75, 3.05) is 11.9 Å². The first-order chi connectivity index (χ1) is 10.7. The molecule has 5 heteroatoms. The third-order valence-electron chi connectivity index (χ3n) is 3.33. The zero-order valence-electron chi connectivity index (χ0n) is 12.2. The van der Waals surface area contributed by atoms with Crippen LogP contribution in [0.1, 0.15) is 11.5 Å². The molecule has 0 radical (unpaired) electrons. The number of anilines is 1. The molecule has 0 aliphatic carbocycles. The van der Waals surface area contributed by atoms with Crippen molar-refractivity contribution in [3.8, 4) is 11.5 Å². The standard InChI is InChI=1S/C17H16ClN3O/c1-12-11-14(18)7-8-15(12)19-10-9-16-20-21-17(22-16)13-5-3-2-4-6-13/h2-8,11,19H,9-10H2,1H3. The molecule has 0 saturated carbocycles. The average molecular weight is 314 g/mol. The van der Waals surface area contributed by atoms with Crippen molar-refractivity contribution in [2.45, 2.75) is 13.3 Å². The lowest BCUT2D eigenvalue weighted by Gasteiger charge is -2.08. The van der Waals surface area contributed by atoms with E-state index < -0.39 is 0 Å². The van der Waals surface area contributed by atoms with E-state index in [9.17, 15) is 0 Å². The third-order valence-corrected chi connectivity index (χ3v) is 3.57. The molecule has 0 bridgehead atoms. The molecule has 0 saturated heterocycles. The Morgan fingerprint density at radius 1 is 1.09 bits per heavy atom. The molecule has 1 N–H and O–H groups in total. The zero-order chi connectivity index (χ0) is 15.4. The van der Waals surface area contributed by atoms with Gasteiger partial charge in [-0.15, -0.1) is 10.2 Å². The quantitative estimate of drug-likeness (QED) is 0.760. The van der Waals surface area contributed by atoms with Crippen LogP contribution in [0.4, 0.5) is 5.69 Å². The number of aryl methyl sites for hydroxylation is 1. The van der Waals surface area contributed by atoms with Crippen molar-refractivity contribution >= 4 is 17.3 Å². The molecule has 4 nitrogen and oxygen atoms in total. The number of halogens is 1. The van der Waals surface area contributed by atoms with E-state index in [1.54, 1.807) is 0 Å². The highest BCUT2D eigenvalue weighted by Crippen LogP contribution is 2.20. The fourth-order valence-electron chi connectivity index (χ4n) is 2.18. The van der Waals surface area contributed by atoms with Gasteiger partial charge in [0.05, 0.1) is 0 Å². The predicted molar refractivity (Wildman–Crippen MR) is 88.1 cm³/mol. The topological polar surface area (TPSA) is 51.0 Å². The molecule has 0 amide bonds. The Morgan fingerprint density at radius 2 is 1.91 bits per heavy atom. The summed E-state index contributed by atoms with van der Waals surface area (Å²) >= 11 is 5.95. The van der Waals surface area contributed by atoms with Crippen LogP contribution in [0.2, 0.25) is 5.02 Å². The minimum atomic E-state index is 0.554. The first-order valence-corrected chi connectivity index (χ1v) is 7.48. The highest BCUT2D eigenvalue weighted by Gasteiger charge is 2.08. The maximum Gasteiger partial charge on any atom is 0.247 e. The van der Waals surface area contributed by atoms with Crippen LogP contribution in [0, 0.1) is 6.92 Å². The van der Waals surface area contributed by atoms with E-state index in [2.05, 4.69) is 15.5 Å². The summed E-state index contributed by atoms with van der Waals surface area (Å²) in [6, 6.07) is 15.5. The molecular weight excluding hydrogens is 298 g/mol. The average Bonchev–Trinajstić information content (AvgIpc) is 2.99. The van der Waals surface area contributed by atoms with Gasteiger partial charge >= 0.3 is 0 Å². The SMILES string of the molecule is Cc1cc(Cl)ccc1NCCc1nnc(-c2ccccc2)o1. The summed E-state index contributed by atoms with van der Waals surface area (Å²) in [6.07, 6.45) is 0.669. The second kappa shape index (κ2) is 6.62. The van der Waals surface area contributed by atoms with E-state index in [4.69, 9.17) is 16.0 Å². The van der Waals surface area contributed by atoms with Gasteiger partial charge in [-0.3, -0.25) is 0 Å². The molecule has 0 fully saturated rings. The molecule has 2 aromatic carbocycles. The van der Waals surface area contributed by atoms with Gasteiger partial charge in [-0.25, -0.2) is 0 Å². The predicted octanol–water partition coefficient (Wildman–Crippen LogP) is 4.35. The van der Waals surface area contributed by atoms with Crippen molar-refractivity contribution in [1.82, 2.24) is 10.2 Å². The van der Waals surface area contributed by atoms with E-state index in [1.165, 1.54) is 0 Å². The number of benzene rings is 2. The second-order valence-corrected chi connectivity index (χ2v) is 5.44. The zero-order valence-corrected chi connectivity index (χ0v) is 13.0. The first kappa shape index (κ1) is 14.6. The number of rotatable bonds is 5. The number of nitrogens with zero attached hydrogens (tertiary/aromatic N) is 2. The van der Waals surface area contributed by atoms with Crippen molar-refractivity contribution in [2.24, 2.45) is 0 Å². The summed E-state index contributed by atoms with van der Waals surface area (Å²) in [7, 11) is 0.